The topological polar surface area (TPSA) is 60.9 Å². The van der Waals surface area contributed by atoms with Gasteiger partial charge in [-0.1, -0.05) is 29.5 Å². The molecule has 3 aromatic rings. The number of nitrogens with zero attached hydrogens (tertiary/aromatic N) is 2. The van der Waals surface area contributed by atoms with Gasteiger partial charge in [0, 0.05) is 6.61 Å². The van der Waals surface area contributed by atoms with Crippen LogP contribution < -0.4 is 14.4 Å². The molecule has 1 unspecified atom stereocenters. The summed E-state index contributed by atoms with van der Waals surface area (Å²) in [5, 5.41) is 0.689. The summed E-state index contributed by atoms with van der Waals surface area (Å²) in [5.41, 5.74) is 1.75. The lowest BCUT2D eigenvalue weighted by Gasteiger charge is -2.23. The van der Waals surface area contributed by atoms with E-state index in [9.17, 15) is 4.79 Å². The van der Waals surface area contributed by atoms with E-state index in [4.69, 9.17) is 19.2 Å². The third-order valence-corrected chi connectivity index (χ3v) is 6.25. The zero-order valence-corrected chi connectivity index (χ0v) is 18.8. The zero-order valence-electron chi connectivity index (χ0n) is 18.0. The number of thiazole rings is 1. The number of anilines is 1. The van der Waals surface area contributed by atoms with Gasteiger partial charge < -0.3 is 14.2 Å². The van der Waals surface area contributed by atoms with Crippen LogP contribution in [-0.4, -0.2) is 43.4 Å². The van der Waals surface area contributed by atoms with E-state index < -0.39 is 0 Å². The fourth-order valence-corrected chi connectivity index (χ4v) is 4.73. The Hall–Kier alpha value is -2.64. The minimum Gasteiger partial charge on any atom is -0.494 e. The second kappa shape index (κ2) is 10.1. The van der Waals surface area contributed by atoms with Gasteiger partial charge in [0.05, 0.1) is 37.0 Å². The molecule has 1 atom stereocenters. The van der Waals surface area contributed by atoms with Gasteiger partial charge in [-0.05, 0) is 56.5 Å². The summed E-state index contributed by atoms with van der Waals surface area (Å²) in [5.74, 6) is 1.57. The summed E-state index contributed by atoms with van der Waals surface area (Å²) in [6.45, 7) is 6.36. The first-order valence-corrected chi connectivity index (χ1v) is 11.7. The van der Waals surface area contributed by atoms with Gasteiger partial charge in [-0.15, -0.1) is 0 Å². The smallest absolute Gasteiger partial charge is 0.233 e. The molecule has 1 aliphatic rings. The van der Waals surface area contributed by atoms with Crippen molar-refractivity contribution in [3.05, 3.63) is 48.0 Å². The number of ether oxygens (including phenoxy) is 3. The number of hydrogen-bond donors (Lipinski definition) is 0. The highest BCUT2D eigenvalue weighted by Gasteiger charge is 2.26. The summed E-state index contributed by atoms with van der Waals surface area (Å²) in [6, 6.07) is 13.6. The molecule has 0 radical (unpaired) electrons. The van der Waals surface area contributed by atoms with E-state index in [0.29, 0.717) is 31.3 Å². The summed E-state index contributed by atoms with van der Waals surface area (Å²) in [6.07, 6.45) is 2.33. The van der Waals surface area contributed by atoms with Gasteiger partial charge in [0.25, 0.3) is 0 Å². The standard InChI is InChI=1S/C24H28N2O4S/c1-3-28-18-12-10-17(11-13-18)15-22(27)26(16-19-7-6-14-30-19)24-25-23-20(29-4-2)8-5-9-21(23)31-24/h5,8-13,19H,3-4,6-7,14-16H2,1-2H3. The zero-order chi connectivity index (χ0) is 21.6. The van der Waals surface area contributed by atoms with E-state index in [-0.39, 0.29) is 12.0 Å². The van der Waals surface area contributed by atoms with Crippen molar-refractivity contribution in [1.29, 1.82) is 0 Å². The van der Waals surface area contributed by atoms with E-state index in [1.165, 1.54) is 11.3 Å². The van der Waals surface area contributed by atoms with Gasteiger partial charge in [0.2, 0.25) is 5.91 Å². The molecular formula is C24H28N2O4S. The summed E-state index contributed by atoms with van der Waals surface area (Å²) in [4.78, 5) is 20.0. The Labute approximate surface area is 186 Å². The fourth-order valence-electron chi connectivity index (χ4n) is 3.72. The van der Waals surface area contributed by atoms with Gasteiger partial charge >= 0.3 is 0 Å². The first kappa shape index (κ1) is 21.6. The Kier molecular flexibility index (Phi) is 7.04. The van der Waals surface area contributed by atoms with E-state index in [1.807, 2.05) is 56.3 Å². The number of para-hydroxylation sites is 1. The predicted octanol–water partition coefficient (Wildman–Crippen LogP) is 4.85. The van der Waals surface area contributed by atoms with Gasteiger partial charge in [-0.3, -0.25) is 9.69 Å². The summed E-state index contributed by atoms with van der Waals surface area (Å²) in [7, 11) is 0. The molecule has 2 aromatic carbocycles. The molecule has 1 aliphatic heterocycles. The average Bonchev–Trinajstić information content (AvgIpc) is 3.44. The molecule has 1 saturated heterocycles. The SMILES string of the molecule is CCOc1ccc(CC(=O)N(CC2CCCO2)c2nc3c(OCC)cccc3s2)cc1. The van der Waals surface area contributed by atoms with Crippen LogP contribution in [0.4, 0.5) is 5.13 Å². The number of carbonyl (C=O) groups excluding carboxylic acids is 1. The Morgan fingerprint density at radius 2 is 1.97 bits per heavy atom. The van der Waals surface area contributed by atoms with E-state index >= 15 is 0 Å². The van der Waals surface area contributed by atoms with E-state index in [2.05, 4.69) is 0 Å². The highest BCUT2D eigenvalue weighted by molar-refractivity contribution is 7.22. The van der Waals surface area contributed by atoms with Crippen molar-refractivity contribution in [2.45, 2.75) is 39.2 Å². The van der Waals surface area contributed by atoms with Crippen molar-refractivity contribution < 1.29 is 19.0 Å². The number of aromatic nitrogens is 1. The van der Waals surface area contributed by atoms with Crippen LogP contribution in [0.2, 0.25) is 0 Å². The minimum atomic E-state index is 0.0108. The van der Waals surface area contributed by atoms with Gasteiger partial charge in [-0.2, -0.15) is 0 Å². The van der Waals surface area contributed by atoms with Crippen molar-refractivity contribution in [3.8, 4) is 11.5 Å². The van der Waals surface area contributed by atoms with Crippen molar-refractivity contribution in [2.24, 2.45) is 0 Å². The maximum Gasteiger partial charge on any atom is 0.233 e. The van der Waals surface area contributed by atoms with Crippen LogP contribution in [0.5, 0.6) is 11.5 Å². The largest absolute Gasteiger partial charge is 0.494 e. The molecule has 0 aliphatic carbocycles. The lowest BCUT2D eigenvalue weighted by molar-refractivity contribution is -0.118. The lowest BCUT2D eigenvalue weighted by Crippen LogP contribution is -2.38. The van der Waals surface area contributed by atoms with Crippen molar-refractivity contribution >= 4 is 32.6 Å². The number of carbonyl (C=O) groups is 1. The van der Waals surface area contributed by atoms with Gasteiger partial charge in [0.15, 0.2) is 5.13 Å². The van der Waals surface area contributed by atoms with Crippen LogP contribution in [0, 0.1) is 0 Å². The molecule has 0 N–H and O–H groups in total. The summed E-state index contributed by atoms with van der Waals surface area (Å²) < 4.78 is 18.1. The fraction of sp³-hybridized carbons (Fsp3) is 0.417. The highest BCUT2D eigenvalue weighted by Crippen LogP contribution is 2.35. The van der Waals surface area contributed by atoms with Crippen LogP contribution in [-0.2, 0) is 16.0 Å². The Balaban J connectivity index is 1.59. The van der Waals surface area contributed by atoms with Crippen molar-refractivity contribution in [2.75, 3.05) is 31.3 Å². The Bertz CT molecular complexity index is 1010. The van der Waals surface area contributed by atoms with E-state index in [1.54, 1.807) is 4.90 Å². The third-order valence-electron chi connectivity index (χ3n) is 5.20. The molecule has 0 spiro atoms. The molecular weight excluding hydrogens is 412 g/mol. The number of amides is 1. The average molecular weight is 441 g/mol. The summed E-state index contributed by atoms with van der Waals surface area (Å²) >= 11 is 1.52. The highest BCUT2D eigenvalue weighted by atomic mass is 32.1. The number of hydrogen-bond acceptors (Lipinski definition) is 6. The monoisotopic (exact) mass is 440 g/mol. The second-order valence-corrected chi connectivity index (χ2v) is 8.43. The van der Waals surface area contributed by atoms with Crippen LogP contribution in [0.1, 0.15) is 32.3 Å². The number of benzene rings is 2. The quantitative estimate of drug-likeness (QED) is 0.476. The molecule has 0 saturated carbocycles. The van der Waals surface area contributed by atoms with Gasteiger partial charge in [0.1, 0.15) is 17.0 Å². The molecule has 6 nitrogen and oxygen atoms in total. The van der Waals surface area contributed by atoms with E-state index in [0.717, 1.165) is 46.7 Å². The molecule has 7 heteroatoms. The normalized spacial score (nSPS) is 15.9. The maximum absolute atomic E-state index is 13.4. The predicted molar refractivity (Wildman–Crippen MR) is 123 cm³/mol. The number of rotatable bonds is 9. The Morgan fingerprint density at radius 1 is 1.16 bits per heavy atom. The number of fused-ring (bicyclic) bond motifs is 1. The van der Waals surface area contributed by atoms with Crippen LogP contribution in [0.25, 0.3) is 10.2 Å². The first-order chi connectivity index (χ1) is 15.2. The molecule has 4 rings (SSSR count). The molecule has 1 fully saturated rings. The first-order valence-electron chi connectivity index (χ1n) is 10.8. The van der Waals surface area contributed by atoms with Crippen molar-refractivity contribution in [3.63, 3.8) is 0 Å². The molecule has 0 bridgehead atoms. The third kappa shape index (κ3) is 5.17. The molecule has 164 valence electrons. The van der Waals surface area contributed by atoms with Crippen molar-refractivity contribution in [1.82, 2.24) is 4.98 Å². The van der Waals surface area contributed by atoms with Crippen LogP contribution in [0.3, 0.4) is 0 Å². The molecule has 2 heterocycles. The molecule has 1 amide bonds. The maximum atomic E-state index is 13.4. The van der Waals surface area contributed by atoms with Crippen LogP contribution in [0.15, 0.2) is 42.5 Å². The lowest BCUT2D eigenvalue weighted by atomic mass is 10.1. The van der Waals surface area contributed by atoms with Crippen LogP contribution >= 0.6 is 11.3 Å². The molecule has 1 aromatic heterocycles. The minimum absolute atomic E-state index is 0.0108. The Morgan fingerprint density at radius 3 is 2.68 bits per heavy atom. The second-order valence-electron chi connectivity index (χ2n) is 7.43. The van der Waals surface area contributed by atoms with Gasteiger partial charge in [-0.25, -0.2) is 4.98 Å². The molecule has 31 heavy (non-hydrogen) atoms.